The largest absolute Gasteiger partial charge is 0.399 e. The van der Waals surface area contributed by atoms with Crippen LogP contribution in [0.2, 0.25) is 0 Å². The van der Waals surface area contributed by atoms with E-state index in [4.69, 9.17) is 9.85 Å². The summed E-state index contributed by atoms with van der Waals surface area (Å²) in [4.78, 5) is 7.81. The van der Waals surface area contributed by atoms with E-state index in [2.05, 4.69) is 9.97 Å². The normalized spacial score (nSPS) is 14.2. The van der Waals surface area contributed by atoms with Crippen molar-refractivity contribution in [3.63, 3.8) is 0 Å². The molecule has 0 atom stereocenters. The number of aromatic nitrogens is 2. The van der Waals surface area contributed by atoms with Gasteiger partial charge in [-0.2, -0.15) is 0 Å². The summed E-state index contributed by atoms with van der Waals surface area (Å²) in [6.45, 7) is 0.253. The summed E-state index contributed by atoms with van der Waals surface area (Å²) in [5.41, 5.74) is 6.38. The first-order valence-corrected chi connectivity index (χ1v) is 7.19. The Balaban J connectivity index is 2.66. The minimum Gasteiger partial charge on any atom is -0.399 e. The van der Waals surface area contributed by atoms with Crippen LogP contribution < -0.4 is 10.0 Å². The second-order valence-electron chi connectivity index (χ2n) is 4.25. The predicted molar refractivity (Wildman–Crippen MR) is 77.9 cm³/mol. The maximum Gasteiger partial charge on any atom is 0.265 e. The van der Waals surface area contributed by atoms with Crippen molar-refractivity contribution in [3.05, 3.63) is 41.9 Å². The number of aryl methyl sites for hydroxylation is 2. The molecule has 0 radical (unpaired) electrons. The lowest BCUT2D eigenvalue weighted by molar-refractivity contribution is 0.594. The van der Waals surface area contributed by atoms with Crippen molar-refractivity contribution >= 4 is 21.5 Å². The fraction of sp³-hybridized carbons (Fsp3) is 0.231. The van der Waals surface area contributed by atoms with E-state index in [1.54, 1.807) is 13.8 Å². The molecule has 0 aliphatic rings. The van der Waals surface area contributed by atoms with E-state index in [0.29, 0.717) is 15.7 Å². The average molecular weight is 295 g/mol. The van der Waals surface area contributed by atoms with Crippen LogP contribution in [0.25, 0.3) is 0 Å². The third kappa shape index (κ3) is 2.72. The molecule has 1 heterocycles. The molecule has 0 saturated heterocycles. The fourth-order valence-corrected chi connectivity index (χ4v) is 2.70. The standard InChI is InChI=1S/C13H16N4O2S/c1-9-8-13(16-10(2)15-9)17(3)20(18,19)12-6-4-11(14)5-7-12/h4-8H,14H2,1-3H3/i3D3. The molecule has 0 amide bonds. The van der Waals surface area contributed by atoms with Crippen molar-refractivity contribution in [3.8, 4) is 0 Å². The Hall–Kier alpha value is -2.15. The lowest BCUT2D eigenvalue weighted by atomic mass is 10.3. The highest BCUT2D eigenvalue weighted by Gasteiger charge is 2.22. The predicted octanol–water partition coefficient (Wildman–Crippen LogP) is 1.50. The van der Waals surface area contributed by atoms with Gasteiger partial charge in [0.2, 0.25) is 0 Å². The molecular formula is C13H16N4O2S. The minimum atomic E-state index is -4.34. The molecule has 0 bridgehead atoms. The van der Waals surface area contributed by atoms with Gasteiger partial charge in [-0.1, -0.05) is 0 Å². The Morgan fingerprint density at radius 1 is 1.20 bits per heavy atom. The van der Waals surface area contributed by atoms with E-state index in [0.717, 1.165) is 0 Å². The lowest BCUT2D eigenvalue weighted by Crippen LogP contribution is -2.27. The van der Waals surface area contributed by atoms with Gasteiger partial charge in [0.1, 0.15) is 11.6 Å². The molecule has 0 aliphatic carbocycles. The van der Waals surface area contributed by atoms with Gasteiger partial charge in [-0.25, -0.2) is 18.4 Å². The van der Waals surface area contributed by atoms with Crippen LogP contribution in [0, 0.1) is 13.8 Å². The van der Waals surface area contributed by atoms with Crippen LogP contribution in [-0.4, -0.2) is 25.4 Å². The molecule has 1 aromatic heterocycles. The van der Waals surface area contributed by atoms with Crippen LogP contribution in [0.3, 0.4) is 0 Å². The molecule has 106 valence electrons. The van der Waals surface area contributed by atoms with Gasteiger partial charge in [0.05, 0.1) is 4.90 Å². The monoisotopic (exact) mass is 295 g/mol. The molecule has 0 unspecified atom stereocenters. The number of nitrogens with zero attached hydrogens (tertiary/aromatic N) is 3. The van der Waals surface area contributed by atoms with Crippen LogP contribution in [-0.2, 0) is 10.0 Å². The summed E-state index contributed by atoms with van der Waals surface area (Å²) in [5.74, 6) is 0.0774. The number of rotatable bonds is 3. The summed E-state index contributed by atoms with van der Waals surface area (Å²) < 4.78 is 48.7. The SMILES string of the molecule is [2H]C([2H])([2H])N(c1cc(C)nc(C)n1)S(=O)(=O)c1ccc(N)cc1. The number of anilines is 2. The van der Waals surface area contributed by atoms with E-state index >= 15 is 0 Å². The molecule has 0 spiro atoms. The number of hydrogen-bond donors (Lipinski definition) is 1. The van der Waals surface area contributed by atoms with Crippen LogP contribution in [0.4, 0.5) is 11.5 Å². The molecule has 0 saturated carbocycles. The summed E-state index contributed by atoms with van der Waals surface area (Å²) in [7, 11) is -4.34. The van der Waals surface area contributed by atoms with Gasteiger partial charge >= 0.3 is 0 Å². The number of nitrogen functional groups attached to an aromatic ring is 1. The van der Waals surface area contributed by atoms with Crippen molar-refractivity contribution < 1.29 is 12.5 Å². The van der Waals surface area contributed by atoms with Crippen LogP contribution >= 0.6 is 0 Å². The molecule has 0 fully saturated rings. The number of sulfonamides is 1. The van der Waals surface area contributed by atoms with Crippen molar-refractivity contribution in [2.24, 2.45) is 0 Å². The highest BCUT2D eigenvalue weighted by molar-refractivity contribution is 7.92. The second kappa shape index (κ2) is 5.09. The van der Waals surface area contributed by atoms with Crippen molar-refractivity contribution in [2.75, 3.05) is 17.0 Å². The zero-order chi connectivity index (χ0) is 17.4. The molecule has 0 aliphatic heterocycles. The molecular weight excluding hydrogens is 276 g/mol. The van der Waals surface area contributed by atoms with Gasteiger partial charge in [0.25, 0.3) is 10.0 Å². The lowest BCUT2D eigenvalue weighted by Gasteiger charge is -2.19. The van der Waals surface area contributed by atoms with E-state index in [1.165, 1.54) is 30.3 Å². The second-order valence-corrected chi connectivity index (χ2v) is 6.04. The first-order chi connectivity index (χ1) is 10.5. The van der Waals surface area contributed by atoms with E-state index in [9.17, 15) is 8.42 Å². The molecule has 1 aromatic carbocycles. The van der Waals surface area contributed by atoms with Gasteiger partial charge in [0, 0.05) is 28.5 Å². The first kappa shape index (κ1) is 10.6. The van der Waals surface area contributed by atoms with Crippen LogP contribution in [0.1, 0.15) is 15.6 Å². The topological polar surface area (TPSA) is 89.2 Å². The number of nitrogens with two attached hydrogens (primary N) is 1. The van der Waals surface area contributed by atoms with Crippen molar-refractivity contribution in [2.45, 2.75) is 18.7 Å². The maximum atomic E-state index is 12.8. The van der Waals surface area contributed by atoms with Crippen LogP contribution in [0.5, 0.6) is 0 Å². The quantitative estimate of drug-likeness (QED) is 0.867. The fourth-order valence-electron chi connectivity index (χ4n) is 1.67. The van der Waals surface area contributed by atoms with Gasteiger partial charge in [-0.3, -0.25) is 4.31 Å². The Bertz CT molecular complexity index is 800. The van der Waals surface area contributed by atoms with Crippen molar-refractivity contribution in [1.82, 2.24) is 9.97 Å². The third-order valence-electron chi connectivity index (χ3n) is 2.58. The van der Waals surface area contributed by atoms with Gasteiger partial charge in [-0.05, 0) is 38.1 Å². The first-order valence-electron chi connectivity index (χ1n) is 7.25. The molecule has 20 heavy (non-hydrogen) atoms. The van der Waals surface area contributed by atoms with Gasteiger partial charge < -0.3 is 5.73 Å². The van der Waals surface area contributed by atoms with E-state index < -0.39 is 17.0 Å². The third-order valence-corrected chi connectivity index (χ3v) is 4.11. The smallest absolute Gasteiger partial charge is 0.265 e. The Kier molecular flexibility index (Phi) is 2.70. The Morgan fingerprint density at radius 3 is 2.40 bits per heavy atom. The summed E-state index contributed by atoms with van der Waals surface area (Å²) >= 11 is 0. The average Bonchev–Trinajstić information content (AvgIpc) is 2.35. The Labute approximate surface area is 122 Å². The zero-order valence-electron chi connectivity index (χ0n) is 14.0. The molecule has 2 N–H and O–H groups in total. The molecule has 2 rings (SSSR count). The number of hydrogen-bond acceptors (Lipinski definition) is 5. The molecule has 2 aromatic rings. The summed E-state index contributed by atoms with van der Waals surface area (Å²) in [6, 6.07) is 6.60. The van der Waals surface area contributed by atoms with E-state index in [1.807, 2.05) is 0 Å². The van der Waals surface area contributed by atoms with Gasteiger partial charge in [-0.15, -0.1) is 0 Å². The van der Waals surface area contributed by atoms with Gasteiger partial charge in [0.15, 0.2) is 0 Å². The highest BCUT2D eigenvalue weighted by Crippen LogP contribution is 2.21. The highest BCUT2D eigenvalue weighted by atomic mass is 32.2. The van der Waals surface area contributed by atoms with Crippen LogP contribution in [0.15, 0.2) is 35.2 Å². The summed E-state index contributed by atoms with van der Waals surface area (Å²) in [5, 5.41) is 0. The zero-order valence-corrected chi connectivity index (χ0v) is 11.8. The van der Waals surface area contributed by atoms with Crippen molar-refractivity contribution in [1.29, 1.82) is 0 Å². The maximum absolute atomic E-state index is 12.8. The molecule has 7 heteroatoms. The number of benzene rings is 1. The minimum absolute atomic E-state index is 0.184. The van der Waals surface area contributed by atoms with E-state index in [-0.39, 0.29) is 16.5 Å². The summed E-state index contributed by atoms with van der Waals surface area (Å²) in [6.07, 6.45) is 0. The Morgan fingerprint density at radius 2 is 1.85 bits per heavy atom. The molecule has 6 nitrogen and oxygen atoms in total.